The zero-order valence-electron chi connectivity index (χ0n) is 13.9. The molecule has 0 atom stereocenters. The summed E-state index contributed by atoms with van der Waals surface area (Å²) in [4.78, 5) is 21.1. The summed E-state index contributed by atoms with van der Waals surface area (Å²) < 4.78 is 5.07. The molecule has 0 unspecified atom stereocenters. The lowest BCUT2D eigenvalue weighted by Gasteiger charge is -2.04. The molecule has 2 heterocycles. The van der Waals surface area contributed by atoms with Gasteiger partial charge in [-0.3, -0.25) is 4.79 Å². The monoisotopic (exact) mass is 353 g/mol. The Bertz CT molecular complexity index is 1100. The number of aromatic nitrogens is 2. The van der Waals surface area contributed by atoms with E-state index >= 15 is 0 Å². The normalized spacial score (nSPS) is 11.5. The Morgan fingerprint density at radius 1 is 1.44 bits per heavy atom. The Morgan fingerprint density at radius 2 is 2.20 bits per heavy atom. The van der Waals surface area contributed by atoms with E-state index in [2.05, 4.69) is 16.0 Å². The van der Waals surface area contributed by atoms with E-state index in [9.17, 15) is 15.2 Å². The van der Waals surface area contributed by atoms with E-state index < -0.39 is 0 Å². The van der Waals surface area contributed by atoms with Crippen molar-refractivity contribution < 1.29 is 9.84 Å². The molecule has 2 N–H and O–H groups in total. The van der Waals surface area contributed by atoms with Gasteiger partial charge in [0.15, 0.2) is 17.3 Å². The summed E-state index contributed by atoms with van der Waals surface area (Å²) in [7, 11) is 1.45. The quantitative estimate of drug-likeness (QED) is 0.703. The van der Waals surface area contributed by atoms with Crippen molar-refractivity contribution in [1.82, 2.24) is 9.97 Å². The summed E-state index contributed by atoms with van der Waals surface area (Å²) in [6.45, 7) is 3.82. The van der Waals surface area contributed by atoms with Crippen LogP contribution in [-0.4, -0.2) is 22.2 Å². The molecule has 0 saturated carbocycles. The molecule has 126 valence electrons. The molecule has 1 aromatic carbocycles. The Labute approximate surface area is 147 Å². The molecule has 0 aliphatic rings. The number of thiophene rings is 1. The maximum absolute atomic E-state index is 12.4. The molecule has 0 saturated heterocycles. The van der Waals surface area contributed by atoms with Crippen LogP contribution in [0.25, 0.3) is 21.9 Å². The van der Waals surface area contributed by atoms with Crippen LogP contribution in [0.3, 0.4) is 0 Å². The highest BCUT2D eigenvalue weighted by Gasteiger charge is 2.14. The SMILES string of the molecule is COc1cc(/C=C(\C#N)c2nc3sc(C)c(C)c3c(=O)[nH]2)ccc1O. The first-order valence-corrected chi connectivity index (χ1v) is 8.25. The fourth-order valence-corrected chi connectivity index (χ4v) is 3.52. The van der Waals surface area contributed by atoms with Crippen molar-refractivity contribution in [2.45, 2.75) is 13.8 Å². The summed E-state index contributed by atoms with van der Waals surface area (Å²) in [6.07, 6.45) is 1.58. The topological polar surface area (TPSA) is 99.0 Å². The molecule has 25 heavy (non-hydrogen) atoms. The van der Waals surface area contributed by atoms with Gasteiger partial charge in [-0.1, -0.05) is 6.07 Å². The van der Waals surface area contributed by atoms with Gasteiger partial charge in [-0.25, -0.2) is 4.98 Å². The smallest absolute Gasteiger partial charge is 0.260 e. The van der Waals surface area contributed by atoms with Gasteiger partial charge < -0.3 is 14.8 Å². The second kappa shape index (κ2) is 6.42. The van der Waals surface area contributed by atoms with E-state index in [1.165, 1.54) is 24.5 Å². The van der Waals surface area contributed by atoms with Crippen LogP contribution in [0.4, 0.5) is 0 Å². The van der Waals surface area contributed by atoms with E-state index in [0.717, 1.165) is 10.4 Å². The van der Waals surface area contributed by atoms with Crippen LogP contribution < -0.4 is 10.3 Å². The fraction of sp³-hybridized carbons (Fsp3) is 0.167. The minimum atomic E-state index is -0.258. The Morgan fingerprint density at radius 3 is 2.88 bits per heavy atom. The molecule has 3 aromatic rings. The van der Waals surface area contributed by atoms with Crippen molar-refractivity contribution in [3.63, 3.8) is 0 Å². The molecule has 0 fully saturated rings. The minimum absolute atomic E-state index is 0.00986. The Balaban J connectivity index is 2.14. The van der Waals surface area contributed by atoms with Crippen LogP contribution >= 0.6 is 11.3 Å². The van der Waals surface area contributed by atoms with Crippen LogP contribution in [0, 0.1) is 25.2 Å². The van der Waals surface area contributed by atoms with Crippen molar-refractivity contribution in [3.8, 4) is 17.6 Å². The standard InChI is InChI=1S/C18H15N3O3S/c1-9-10(2)25-18-15(9)17(23)20-16(21-18)12(8-19)6-11-4-5-13(22)14(7-11)24-3/h4-7,22H,1-3H3,(H,20,21,23)/b12-6+. The van der Waals surface area contributed by atoms with Gasteiger partial charge in [0.2, 0.25) is 0 Å². The fourth-order valence-electron chi connectivity index (χ4n) is 2.49. The number of nitrogens with zero attached hydrogens (tertiary/aromatic N) is 2. The molecule has 0 spiro atoms. The number of fused-ring (bicyclic) bond motifs is 1. The van der Waals surface area contributed by atoms with Gasteiger partial charge in [0.25, 0.3) is 5.56 Å². The highest BCUT2D eigenvalue weighted by atomic mass is 32.1. The van der Waals surface area contributed by atoms with Crippen molar-refractivity contribution >= 4 is 33.2 Å². The van der Waals surface area contributed by atoms with Gasteiger partial charge in [0, 0.05) is 4.88 Å². The predicted molar refractivity (Wildman–Crippen MR) is 97.9 cm³/mol. The number of ether oxygens (including phenoxy) is 1. The molecule has 0 bridgehead atoms. The summed E-state index contributed by atoms with van der Waals surface area (Å²) >= 11 is 1.43. The molecule has 0 radical (unpaired) electrons. The Kier molecular flexibility index (Phi) is 4.30. The lowest BCUT2D eigenvalue weighted by atomic mass is 10.1. The van der Waals surface area contributed by atoms with E-state index in [0.29, 0.717) is 21.5 Å². The van der Waals surface area contributed by atoms with E-state index in [1.54, 1.807) is 18.2 Å². The molecule has 6 nitrogen and oxygen atoms in total. The maximum Gasteiger partial charge on any atom is 0.260 e. The number of hydrogen-bond acceptors (Lipinski definition) is 6. The number of aromatic amines is 1. The first-order chi connectivity index (χ1) is 11.9. The lowest BCUT2D eigenvalue weighted by Crippen LogP contribution is -2.10. The molecule has 0 amide bonds. The molecular formula is C18H15N3O3S. The minimum Gasteiger partial charge on any atom is -0.504 e. The Hall–Kier alpha value is -3.11. The number of benzene rings is 1. The van der Waals surface area contributed by atoms with Gasteiger partial charge in [0.1, 0.15) is 10.9 Å². The van der Waals surface area contributed by atoms with Crippen LogP contribution in [0.2, 0.25) is 0 Å². The van der Waals surface area contributed by atoms with E-state index in [1.807, 2.05) is 13.8 Å². The number of methoxy groups -OCH3 is 1. The summed E-state index contributed by atoms with van der Waals surface area (Å²) in [5.41, 5.74) is 1.51. The van der Waals surface area contributed by atoms with E-state index in [4.69, 9.17) is 4.74 Å². The average Bonchev–Trinajstić information content (AvgIpc) is 2.88. The maximum atomic E-state index is 12.4. The van der Waals surface area contributed by atoms with E-state index in [-0.39, 0.29) is 22.7 Å². The number of nitriles is 1. The largest absolute Gasteiger partial charge is 0.504 e. The highest BCUT2D eigenvalue weighted by Crippen LogP contribution is 2.29. The first-order valence-electron chi connectivity index (χ1n) is 7.43. The number of allylic oxidation sites excluding steroid dienone is 1. The first kappa shape index (κ1) is 16.7. The van der Waals surface area contributed by atoms with Gasteiger partial charge in [-0.05, 0) is 43.2 Å². The third-order valence-electron chi connectivity index (χ3n) is 3.93. The van der Waals surface area contributed by atoms with Crippen molar-refractivity contribution in [3.05, 3.63) is 50.4 Å². The predicted octanol–water partition coefficient (Wildman–Crippen LogP) is 3.38. The van der Waals surface area contributed by atoms with Crippen LogP contribution in [0.15, 0.2) is 23.0 Å². The average molecular weight is 353 g/mol. The van der Waals surface area contributed by atoms with Crippen molar-refractivity contribution in [2.75, 3.05) is 7.11 Å². The van der Waals surface area contributed by atoms with Crippen LogP contribution in [-0.2, 0) is 0 Å². The lowest BCUT2D eigenvalue weighted by molar-refractivity contribution is 0.373. The molecule has 3 rings (SSSR count). The third kappa shape index (κ3) is 2.99. The zero-order chi connectivity index (χ0) is 18.1. The van der Waals surface area contributed by atoms with Crippen molar-refractivity contribution in [2.24, 2.45) is 0 Å². The molecular weight excluding hydrogens is 338 g/mol. The number of H-pyrrole nitrogens is 1. The van der Waals surface area contributed by atoms with Crippen molar-refractivity contribution in [1.29, 1.82) is 5.26 Å². The van der Waals surface area contributed by atoms with Crippen LogP contribution in [0.5, 0.6) is 11.5 Å². The number of nitrogens with one attached hydrogen (secondary N) is 1. The van der Waals surface area contributed by atoms with Gasteiger partial charge >= 0.3 is 0 Å². The number of hydrogen-bond donors (Lipinski definition) is 2. The van der Waals surface area contributed by atoms with Gasteiger partial charge in [-0.15, -0.1) is 11.3 Å². The number of aryl methyl sites for hydroxylation is 2. The molecule has 0 aliphatic carbocycles. The van der Waals surface area contributed by atoms with Gasteiger partial charge in [-0.2, -0.15) is 5.26 Å². The second-order valence-electron chi connectivity index (χ2n) is 5.48. The highest BCUT2D eigenvalue weighted by molar-refractivity contribution is 7.18. The molecule has 0 aliphatic heterocycles. The molecule has 2 aromatic heterocycles. The number of rotatable bonds is 3. The number of aromatic hydroxyl groups is 1. The molecule has 7 heteroatoms. The number of phenols is 1. The number of phenolic OH excluding ortho intramolecular Hbond substituents is 1. The third-order valence-corrected chi connectivity index (χ3v) is 5.03. The summed E-state index contributed by atoms with van der Waals surface area (Å²) in [5.74, 6) is 0.524. The second-order valence-corrected chi connectivity index (χ2v) is 6.68. The zero-order valence-corrected chi connectivity index (χ0v) is 14.7. The van der Waals surface area contributed by atoms with Gasteiger partial charge in [0.05, 0.1) is 18.1 Å². The van der Waals surface area contributed by atoms with Crippen LogP contribution in [0.1, 0.15) is 21.8 Å². The summed E-state index contributed by atoms with van der Waals surface area (Å²) in [6, 6.07) is 6.78. The summed E-state index contributed by atoms with van der Waals surface area (Å²) in [5, 5.41) is 19.7.